The number of likely N-dealkylation sites (tertiary alicyclic amines) is 1. The van der Waals surface area contributed by atoms with Gasteiger partial charge in [0.1, 0.15) is 12.4 Å². The molecule has 1 heterocycles. The molecule has 2 aromatic carbocycles. The zero-order valence-electron chi connectivity index (χ0n) is 12.8. The number of rotatable bonds is 5. The van der Waals surface area contributed by atoms with Crippen LogP contribution in [0.25, 0.3) is 0 Å². The van der Waals surface area contributed by atoms with E-state index in [1.165, 1.54) is 43.5 Å². The molecule has 0 unspecified atom stereocenters. The van der Waals surface area contributed by atoms with E-state index in [0.29, 0.717) is 6.61 Å². The van der Waals surface area contributed by atoms with E-state index in [1.54, 1.807) is 0 Å². The summed E-state index contributed by atoms with van der Waals surface area (Å²) in [6, 6.07) is 16.8. The van der Waals surface area contributed by atoms with Gasteiger partial charge in [0.05, 0.1) is 0 Å². The van der Waals surface area contributed by atoms with E-state index in [4.69, 9.17) is 4.74 Å². The highest BCUT2D eigenvalue weighted by atomic mass is 79.9. The summed E-state index contributed by atoms with van der Waals surface area (Å²) in [5, 5.41) is 0. The van der Waals surface area contributed by atoms with E-state index in [2.05, 4.69) is 45.1 Å². The Morgan fingerprint density at radius 2 is 1.45 bits per heavy atom. The second kappa shape index (κ2) is 7.80. The third-order valence-corrected chi connectivity index (χ3v) is 4.63. The lowest BCUT2D eigenvalue weighted by molar-refractivity contribution is 0.221. The molecule has 2 aromatic rings. The SMILES string of the molecule is Brc1ccc(OCc2ccc(CN3CCCCC3)cc2)cc1. The molecule has 0 N–H and O–H groups in total. The summed E-state index contributed by atoms with van der Waals surface area (Å²) in [6.07, 6.45) is 4.08. The third-order valence-electron chi connectivity index (χ3n) is 4.10. The van der Waals surface area contributed by atoms with Crippen LogP contribution in [0.4, 0.5) is 0 Å². The first-order valence-electron chi connectivity index (χ1n) is 7.98. The maximum Gasteiger partial charge on any atom is 0.119 e. The standard InChI is InChI=1S/C19H22BrNO/c20-18-8-10-19(11-9-18)22-15-17-6-4-16(5-7-17)14-21-12-2-1-3-13-21/h4-11H,1-3,12-15H2. The Labute approximate surface area is 141 Å². The van der Waals surface area contributed by atoms with Crippen LogP contribution in [0.3, 0.4) is 0 Å². The van der Waals surface area contributed by atoms with E-state index in [1.807, 2.05) is 24.3 Å². The predicted octanol–water partition coefficient (Wildman–Crippen LogP) is 5.01. The predicted molar refractivity (Wildman–Crippen MR) is 94.0 cm³/mol. The fraction of sp³-hybridized carbons (Fsp3) is 0.368. The summed E-state index contributed by atoms with van der Waals surface area (Å²) in [6.45, 7) is 4.18. The van der Waals surface area contributed by atoms with E-state index in [-0.39, 0.29) is 0 Å². The van der Waals surface area contributed by atoms with Crippen molar-refractivity contribution in [2.45, 2.75) is 32.4 Å². The van der Waals surface area contributed by atoms with E-state index in [9.17, 15) is 0 Å². The van der Waals surface area contributed by atoms with Gasteiger partial charge in [0.25, 0.3) is 0 Å². The Morgan fingerprint density at radius 3 is 2.14 bits per heavy atom. The zero-order valence-corrected chi connectivity index (χ0v) is 14.4. The number of ether oxygens (including phenoxy) is 1. The van der Waals surface area contributed by atoms with Crippen molar-refractivity contribution in [3.8, 4) is 5.75 Å². The molecule has 3 heteroatoms. The number of halogens is 1. The number of benzene rings is 2. The lowest BCUT2D eigenvalue weighted by atomic mass is 10.1. The van der Waals surface area contributed by atoms with Crippen LogP contribution in [0, 0.1) is 0 Å². The molecule has 0 amide bonds. The van der Waals surface area contributed by atoms with Crippen molar-refractivity contribution in [2.24, 2.45) is 0 Å². The van der Waals surface area contributed by atoms with Crippen LogP contribution in [0.5, 0.6) is 5.75 Å². The van der Waals surface area contributed by atoms with E-state index < -0.39 is 0 Å². The smallest absolute Gasteiger partial charge is 0.119 e. The van der Waals surface area contributed by atoms with Crippen molar-refractivity contribution in [1.82, 2.24) is 4.90 Å². The average Bonchev–Trinajstić information content (AvgIpc) is 2.57. The van der Waals surface area contributed by atoms with Gasteiger partial charge in [-0.2, -0.15) is 0 Å². The van der Waals surface area contributed by atoms with Crippen LogP contribution in [0.1, 0.15) is 30.4 Å². The maximum absolute atomic E-state index is 5.81. The van der Waals surface area contributed by atoms with Gasteiger partial charge in [0, 0.05) is 11.0 Å². The summed E-state index contributed by atoms with van der Waals surface area (Å²) in [4.78, 5) is 2.55. The Morgan fingerprint density at radius 1 is 0.818 bits per heavy atom. The molecular weight excluding hydrogens is 338 g/mol. The number of hydrogen-bond donors (Lipinski definition) is 0. The van der Waals surface area contributed by atoms with Gasteiger partial charge in [0.15, 0.2) is 0 Å². The van der Waals surface area contributed by atoms with Crippen LogP contribution >= 0.6 is 15.9 Å². The monoisotopic (exact) mass is 359 g/mol. The molecule has 0 atom stereocenters. The molecule has 3 rings (SSSR count). The van der Waals surface area contributed by atoms with Crippen molar-refractivity contribution in [3.63, 3.8) is 0 Å². The second-order valence-electron chi connectivity index (χ2n) is 5.90. The Kier molecular flexibility index (Phi) is 5.52. The Hall–Kier alpha value is -1.32. The molecular formula is C19H22BrNO. The number of nitrogens with zero attached hydrogens (tertiary/aromatic N) is 1. The second-order valence-corrected chi connectivity index (χ2v) is 6.81. The fourth-order valence-corrected chi connectivity index (χ4v) is 3.08. The van der Waals surface area contributed by atoms with Crippen molar-refractivity contribution < 1.29 is 4.74 Å². The van der Waals surface area contributed by atoms with Gasteiger partial charge < -0.3 is 4.74 Å². The summed E-state index contributed by atoms with van der Waals surface area (Å²) >= 11 is 3.43. The minimum Gasteiger partial charge on any atom is -0.489 e. The molecule has 0 spiro atoms. The van der Waals surface area contributed by atoms with Crippen molar-refractivity contribution in [3.05, 3.63) is 64.1 Å². The van der Waals surface area contributed by atoms with Crippen LogP contribution in [-0.4, -0.2) is 18.0 Å². The molecule has 116 valence electrons. The first-order valence-corrected chi connectivity index (χ1v) is 8.77. The van der Waals surface area contributed by atoms with E-state index >= 15 is 0 Å². The van der Waals surface area contributed by atoms with Crippen molar-refractivity contribution >= 4 is 15.9 Å². The van der Waals surface area contributed by atoms with Gasteiger partial charge in [-0.05, 0) is 61.3 Å². The van der Waals surface area contributed by atoms with Crippen LogP contribution in [-0.2, 0) is 13.2 Å². The van der Waals surface area contributed by atoms with Gasteiger partial charge in [-0.15, -0.1) is 0 Å². The average molecular weight is 360 g/mol. The summed E-state index contributed by atoms with van der Waals surface area (Å²) in [7, 11) is 0. The first-order chi connectivity index (χ1) is 10.8. The largest absolute Gasteiger partial charge is 0.489 e. The number of hydrogen-bond acceptors (Lipinski definition) is 2. The molecule has 1 aliphatic rings. The third kappa shape index (κ3) is 4.59. The number of piperidine rings is 1. The summed E-state index contributed by atoms with van der Waals surface area (Å²) < 4.78 is 6.88. The lowest BCUT2D eigenvalue weighted by Gasteiger charge is -2.26. The maximum atomic E-state index is 5.81. The molecule has 22 heavy (non-hydrogen) atoms. The Bertz CT molecular complexity index is 573. The fourth-order valence-electron chi connectivity index (χ4n) is 2.81. The molecule has 0 aromatic heterocycles. The van der Waals surface area contributed by atoms with Gasteiger partial charge in [-0.25, -0.2) is 0 Å². The lowest BCUT2D eigenvalue weighted by Crippen LogP contribution is -2.29. The molecule has 2 nitrogen and oxygen atoms in total. The quantitative estimate of drug-likeness (QED) is 0.743. The van der Waals surface area contributed by atoms with Crippen molar-refractivity contribution in [1.29, 1.82) is 0 Å². The molecule has 1 fully saturated rings. The van der Waals surface area contributed by atoms with Gasteiger partial charge in [-0.1, -0.05) is 46.6 Å². The van der Waals surface area contributed by atoms with Gasteiger partial charge in [0.2, 0.25) is 0 Å². The zero-order chi connectivity index (χ0) is 15.2. The van der Waals surface area contributed by atoms with E-state index in [0.717, 1.165) is 16.8 Å². The van der Waals surface area contributed by atoms with Crippen LogP contribution < -0.4 is 4.74 Å². The Balaban J connectivity index is 1.51. The summed E-state index contributed by atoms with van der Waals surface area (Å²) in [5.41, 5.74) is 2.61. The highest BCUT2D eigenvalue weighted by molar-refractivity contribution is 9.10. The highest BCUT2D eigenvalue weighted by Gasteiger charge is 2.10. The first kappa shape index (κ1) is 15.6. The highest BCUT2D eigenvalue weighted by Crippen LogP contribution is 2.18. The summed E-state index contributed by atoms with van der Waals surface area (Å²) in [5.74, 6) is 0.903. The normalized spacial score (nSPS) is 15.7. The molecule has 1 saturated heterocycles. The van der Waals surface area contributed by atoms with Crippen LogP contribution in [0.2, 0.25) is 0 Å². The molecule has 0 aliphatic carbocycles. The molecule has 1 aliphatic heterocycles. The molecule has 0 bridgehead atoms. The molecule has 0 radical (unpaired) electrons. The van der Waals surface area contributed by atoms with Gasteiger partial charge >= 0.3 is 0 Å². The molecule has 0 saturated carbocycles. The minimum absolute atomic E-state index is 0.617. The topological polar surface area (TPSA) is 12.5 Å². The van der Waals surface area contributed by atoms with Crippen molar-refractivity contribution in [2.75, 3.05) is 13.1 Å². The minimum atomic E-state index is 0.617. The van der Waals surface area contributed by atoms with Crippen LogP contribution in [0.15, 0.2) is 53.0 Å². The van der Waals surface area contributed by atoms with Gasteiger partial charge in [-0.3, -0.25) is 4.90 Å².